The first-order chi connectivity index (χ1) is 15.5. The first kappa shape index (κ1) is 21.8. The largest absolute Gasteiger partial charge is 0.421 e. The second-order valence-corrected chi connectivity index (χ2v) is 8.03. The fourth-order valence-corrected chi connectivity index (χ4v) is 3.68. The van der Waals surface area contributed by atoms with Gasteiger partial charge in [0, 0.05) is 42.7 Å². The quantitative estimate of drug-likeness (QED) is 0.556. The number of carbonyl (C=O) groups is 2. The molecule has 0 aliphatic carbocycles. The molecule has 0 bridgehead atoms. The summed E-state index contributed by atoms with van der Waals surface area (Å²) in [7, 11) is 0. The molecular formula is C24H23ClN4O3. The predicted octanol–water partition coefficient (Wildman–Crippen LogP) is 4.50. The van der Waals surface area contributed by atoms with E-state index in [1.807, 2.05) is 24.3 Å². The van der Waals surface area contributed by atoms with Crippen molar-refractivity contribution in [2.24, 2.45) is 0 Å². The molecule has 1 fully saturated rings. The van der Waals surface area contributed by atoms with Crippen LogP contribution in [0.15, 0.2) is 54.7 Å². The van der Waals surface area contributed by atoms with E-state index in [1.165, 1.54) is 6.92 Å². The van der Waals surface area contributed by atoms with Gasteiger partial charge in [-0.05, 0) is 54.8 Å². The summed E-state index contributed by atoms with van der Waals surface area (Å²) in [6.07, 6.45) is 4.26. The minimum absolute atomic E-state index is 0.200. The van der Waals surface area contributed by atoms with Gasteiger partial charge in [-0.1, -0.05) is 23.7 Å². The minimum Gasteiger partial charge on any atom is -0.421 e. The summed E-state index contributed by atoms with van der Waals surface area (Å²) in [6, 6.07) is 14.3. The third-order valence-electron chi connectivity index (χ3n) is 5.13. The van der Waals surface area contributed by atoms with Crippen molar-refractivity contribution in [3.8, 4) is 5.75 Å². The fraction of sp³-hybridized carbons (Fsp3) is 0.250. The number of halogens is 1. The van der Waals surface area contributed by atoms with Crippen molar-refractivity contribution in [2.75, 3.05) is 23.3 Å². The van der Waals surface area contributed by atoms with Crippen LogP contribution in [-0.4, -0.2) is 34.9 Å². The van der Waals surface area contributed by atoms with E-state index >= 15 is 0 Å². The molecule has 0 atom stereocenters. The molecule has 8 heteroatoms. The van der Waals surface area contributed by atoms with E-state index in [1.54, 1.807) is 30.5 Å². The molecule has 0 saturated carbocycles. The summed E-state index contributed by atoms with van der Waals surface area (Å²) in [6.45, 7) is 3.13. The SMILES string of the molecule is CC(=O)Oc1cnc(Cc2ccc(NC(=O)c3ccc(Cl)cc3)cc2)nc1N1CCCC1. The molecule has 1 aliphatic rings. The van der Waals surface area contributed by atoms with Crippen LogP contribution in [0.3, 0.4) is 0 Å². The van der Waals surface area contributed by atoms with Crippen molar-refractivity contribution in [1.29, 1.82) is 0 Å². The fourth-order valence-electron chi connectivity index (χ4n) is 3.56. The van der Waals surface area contributed by atoms with E-state index in [4.69, 9.17) is 16.3 Å². The van der Waals surface area contributed by atoms with Crippen LogP contribution in [0.25, 0.3) is 0 Å². The Balaban J connectivity index is 1.45. The number of benzene rings is 2. The third kappa shape index (κ3) is 5.42. The Kier molecular flexibility index (Phi) is 6.66. The van der Waals surface area contributed by atoms with E-state index in [0.717, 1.165) is 31.5 Å². The molecular weight excluding hydrogens is 428 g/mol. The van der Waals surface area contributed by atoms with Crippen molar-refractivity contribution >= 4 is 35.0 Å². The lowest BCUT2D eigenvalue weighted by Crippen LogP contribution is -2.21. The Morgan fingerprint density at radius 1 is 1.06 bits per heavy atom. The number of hydrogen-bond acceptors (Lipinski definition) is 6. The van der Waals surface area contributed by atoms with Gasteiger partial charge in [0.05, 0.1) is 6.20 Å². The lowest BCUT2D eigenvalue weighted by molar-refractivity contribution is -0.131. The molecule has 2 heterocycles. The number of nitrogens with zero attached hydrogens (tertiary/aromatic N) is 3. The number of anilines is 2. The van der Waals surface area contributed by atoms with E-state index < -0.39 is 5.97 Å². The number of carbonyl (C=O) groups excluding carboxylic acids is 2. The van der Waals surface area contributed by atoms with Crippen LogP contribution in [0.1, 0.15) is 41.5 Å². The highest BCUT2D eigenvalue weighted by molar-refractivity contribution is 6.30. The van der Waals surface area contributed by atoms with E-state index in [9.17, 15) is 9.59 Å². The molecule has 1 saturated heterocycles. The normalized spacial score (nSPS) is 13.1. The van der Waals surface area contributed by atoms with Gasteiger partial charge in [0.15, 0.2) is 11.6 Å². The maximum atomic E-state index is 12.4. The van der Waals surface area contributed by atoms with Gasteiger partial charge in [-0.3, -0.25) is 9.59 Å². The molecule has 1 amide bonds. The first-order valence-corrected chi connectivity index (χ1v) is 10.8. The van der Waals surface area contributed by atoms with E-state index in [-0.39, 0.29) is 5.91 Å². The van der Waals surface area contributed by atoms with Crippen LogP contribution >= 0.6 is 11.6 Å². The molecule has 32 heavy (non-hydrogen) atoms. The Hall–Kier alpha value is -3.45. The number of hydrogen-bond donors (Lipinski definition) is 1. The lowest BCUT2D eigenvalue weighted by atomic mass is 10.1. The van der Waals surface area contributed by atoms with Crippen LogP contribution in [0, 0.1) is 0 Å². The number of amides is 1. The smallest absolute Gasteiger partial charge is 0.308 e. The van der Waals surface area contributed by atoms with Gasteiger partial charge in [0.1, 0.15) is 5.82 Å². The highest BCUT2D eigenvalue weighted by atomic mass is 35.5. The molecule has 1 aliphatic heterocycles. The molecule has 1 aromatic heterocycles. The lowest BCUT2D eigenvalue weighted by Gasteiger charge is -2.19. The van der Waals surface area contributed by atoms with Gasteiger partial charge in [0.2, 0.25) is 0 Å². The van der Waals surface area contributed by atoms with E-state index in [0.29, 0.717) is 40.1 Å². The molecule has 0 spiro atoms. The topological polar surface area (TPSA) is 84.4 Å². The zero-order chi connectivity index (χ0) is 22.5. The van der Waals surface area contributed by atoms with Crippen LogP contribution in [0.4, 0.5) is 11.5 Å². The average molecular weight is 451 g/mol. The predicted molar refractivity (Wildman–Crippen MR) is 123 cm³/mol. The monoisotopic (exact) mass is 450 g/mol. The molecule has 0 unspecified atom stereocenters. The molecule has 7 nitrogen and oxygen atoms in total. The standard InChI is InChI=1S/C24H23ClN4O3/c1-16(30)32-21-15-26-22(28-23(21)29-12-2-3-13-29)14-17-4-10-20(11-5-17)27-24(31)18-6-8-19(25)9-7-18/h4-11,15H,2-3,12-14H2,1H3,(H,27,31). The first-order valence-electron chi connectivity index (χ1n) is 10.4. The summed E-state index contributed by atoms with van der Waals surface area (Å²) < 4.78 is 5.31. The van der Waals surface area contributed by atoms with Gasteiger partial charge in [-0.2, -0.15) is 0 Å². The van der Waals surface area contributed by atoms with Gasteiger partial charge in [-0.15, -0.1) is 0 Å². The number of nitrogens with one attached hydrogen (secondary N) is 1. The van der Waals surface area contributed by atoms with Gasteiger partial charge >= 0.3 is 5.97 Å². The van der Waals surface area contributed by atoms with Gasteiger partial charge in [-0.25, -0.2) is 9.97 Å². The Labute approximate surface area is 191 Å². The second-order valence-electron chi connectivity index (χ2n) is 7.60. The molecule has 4 rings (SSSR count). The summed E-state index contributed by atoms with van der Waals surface area (Å²) in [5.41, 5.74) is 2.23. The Morgan fingerprint density at radius 2 is 1.75 bits per heavy atom. The zero-order valence-electron chi connectivity index (χ0n) is 17.7. The summed E-state index contributed by atoms with van der Waals surface area (Å²) >= 11 is 5.87. The van der Waals surface area contributed by atoms with Crippen molar-refractivity contribution in [3.63, 3.8) is 0 Å². The highest BCUT2D eigenvalue weighted by Gasteiger charge is 2.20. The number of aromatic nitrogens is 2. The van der Waals surface area contributed by atoms with Crippen LogP contribution in [-0.2, 0) is 11.2 Å². The van der Waals surface area contributed by atoms with Crippen molar-refractivity contribution in [1.82, 2.24) is 9.97 Å². The average Bonchev–Trinajstić information content (AvgIpc) is 3.31. The Bertz CT molecular complexity index is 1110. The molecule has 3 aromatic rings. The molecule has 2 aromatic carbocycles. The van der Waals surface area contributed by atoms with Crippen LogP contribution in [0.5, 0.6) is 5.75 Å². The third-order valence-corrected chi connectivity index (χ3v) is 5.38. The summed E-state index contributed by atoms with van der Waals surface area (Å²) in [5, 5.41) is 3.46. The minimum atomic E-state index is -0.391. The zero-order valence-corrected chi connectivity index (χ0v) is 18.4. The summed E-state index contributed by atoms with van der Waals surface area (Å²) in [5.74, 6) is 1.10. The molecule has 0 radical (unpaired) electrons. The molecule has 164 valence electrons. The Morgan fingerprint density at radius 3 is 2.41 bits per heavy atom. The van der Waals surface area contributed by atoms with Gasteiger partial charge in [0.25, 0.3) is 5.91 Å². The van der Waals surface area contributed by atoms with Gasteiger partial charge < -0.3 is 15.0 Å². The van der Waals surface area contributed by atoms with E-state index in [2.05, 4.69) is 20.2 Å². The number of ether oxygens (including phenoxy) is 1. The van der Waals surface area contributed by atoms with Crippen molar-refractivity contribution in [2.45, 2.75) is 26.2 Å². The number of esters is 1. The van der Waals surface area contributed by atoms with Crippen molar-refractivity contribution < 1.29 is 14.3 Å². The van der Waals surface area contributed by atoms with Crippen molar-refractivity contribution in [3.05, 3.63) is 76.7 Å². The second kappa shape index (κ2) is 9.78. The van der Waals surface area contributed by atoms with Crippen LogP contribution in [0.2, 0.25) is 5.02 Å². The number of rotatable bonds is 6. The van der Waals surface area contributed by atoms with Crippen LogP contribution < -0.4 is 15.0 Å². The highest BCUT2D eigenvalue weighted by Crippen LogP contribution is 2.29. The maximum Gasteiger partial charge on any atom is 0.308 e. The molecule has 1 N–H and O–H groups in total. The summed E-state index contributed by atoms with van der Waals surface area (Å²) in [4.78, 5) is 35.0. The maximum absolute atomic E-state index is 12.4.